The molecule has 0 aliphatic carbocycles. The van der Waals surface area contributed by atoms with Crippen molar-refractivity contribution in [2.75, 3.05) is 13.1 Å². The van der Waals surface area contributed by atoms with Crippen LogP contribution in [0.15, 0.2) is 24.4 Å². The Morgan fingerprint density at radius 2 is 2.25 bits per heavy atom. The average Bonchev–Trinajstić information content (AvgIpc) is 2.50. The lowest BCUT2D eigenvalue weighted by Gasteiger charge is -2.20. The van der Waals surface area contributed by atoms with Crippen molar-refractivity contribution in [3.8, 4) is 0 Å². The van der Waals surface area contributed by atoms with Crippen molar-refractivity contribution in [2.45, 2.75) is 39.2 Å². The van der Waals surface area contributed by atoms with E-state index in [0.717, 1.165) is 31.6 Å². The summed E-state index contributed by atoms with van der Waals surface area (Å²) >= 11 is 0. The molecule has 0 saturated carbocycles. The van der Waals surface area contributed by atoms with Crippen LogP contribution in [0.4, 0.5) is 0 Å². The minimum Gasteiger partial charge on any atom is -0.457 e. The quantitative estimate of drug-likeness (QED) is 0.418. The van der Waals surface area contributed by atoms with Gasteiger partial charge in [-0.1, -0.05) is 6.08 Å². The minimum atomic E-state index is -0.421. The van der Waals surface area contributed by atoms with E-state index in [2.05, 4.69) is 11.5 Å². The third kappa shape index (κ3) is 4.09. The number of esters is 1. The predicted molar refractivity (Wildman–Crippen MR) is 64.9 cm³/mol. The Morgan fingerprint density at radius 1 is 1.56 bits per heavy atom. The van der Waals surface area contributed by atoms with Crippen molar-refractivity contribution in [1.29, 1.82) is 0 Å². The van der Waals surface area contributed by atoms with Crippen molar-refractivity contribution in [3.05, 3.63) is 24.4 Å². The summed E-state index contributed by atoms with van der Waals surface area (Å²) in [6.07, 6.45) is 5.52. The van der Waals surface area contributed by atoms with E-state index in [1.807, 2.05) is 26.8 Å². The largest absolute Gasteiger partial charge is 0.457 e. The number of rotatable bonds is 3. The van der Waals surface area contributed by atoms with Crippen molar-refractivity contribution in [1.82, 2.24) is 4.90 Å². The normalized spacial score (nSPS) is 18.9. The van der Waals surface area contributed by atoms with Crippen LogP contribution in [0, 0.1) is 0 Å². The van der Waals surface area contributed by atoms with Crippen LogP contribution in [0.3, 0.4) is 0 Å². The van der Waals surface area contributed by atoms with Gasteiger partial charge >= 0.3 is 5.97 Å². The Balaban J connectivity index is 2.61. The predicted octanol–water partition coefficient (Wildman–Crippen LogP) is 2.49. The highest BCUT2D eigenvalue weighted by molar-refractivity contribution is 5.83. The van der Waals surface area contributed by atoms with Crippen molar-refractivity contribution in [2.24, 2.45) is 0 Å². The fourth-order valence-electron chi connectivity index (χ4n) is 1.75. The van der Waals surface area contributed by atoms with Crippen molar-refractivity contribution >= 4 is 5.97 Å². The molecule has 1 saturated heterocycles. The molecule has 3 heteroatoms. The van der Waals surface area contributed by atoms with Gasteiger partial charge < -0.3 is 9.64 Å². The fourth-order valence-corrected chi connectivity index (χ4v) is 1.75. The lowest BCUT2D eigenvalue weighted by Crippen LogP contribution is -2.24. The SMILES string of the molecule is C=CCN1CCC/C1=C\C(=O)OC(C)(C)C. The molecular weight excluding hydrogens is 202 g/mol. The van der Waals surface area contributed by atoms with E-state index >= 15 is 0 Å². The minimum absolute atomic E-state index is 0.251. The van der Waals surface area contributed by atoms with Gasteiger partial charge in [0.2, 0.25) is 0 Å². The molecule has 0 N–H and O–H groups in total. The zero-order valence-corrected chi connectivity index (χ0v) is 10.5. The highest BCUT2D eigenvalue weighted by Gasteiger charge is 2.19. The van der Waals surface area contributed by atoms with Crippen molar-refractivity contribution in [3.63, 3.8) is 0 Å². The second kappa shape index (κ2) is 5.19. The second-order valence-electron chi connectivity index (χ2n) is 5.01. The molecule has 3 nitrogen and oxygen atoms in total. The van der Waals surface area contributed by atoms with Gasteiger partial charge in [-0.05, 0) is 33.6 Å². The maximum absolute atomic E-state index is 11.6. The van der Waals surface area contributed by atoms with Gasteiger partial charge in [0, 0.05) is 24.9 Å². The number of carbonyl (C=O) groups is 1. The summed E-state index contributed by atoms with van der Waals surface area (Å²) in [7, 11) is 0. The van der Waals surface area contributed by atoms with Crippen LogP contribution >= 0.6 is 0 Å². The summed E-state index contributed by atoms with van der Waals surface area (Å²) in [4.78, 5) is 13.8. The van der Waals surface area contributed by atoms with Crippen LogP contribution < -0.4 is 0 Å². The molecule has 1 aliphatic rings. The molecule has 0 spiro atoms. The molecule has 0 aromatic rings. The van der Waals surface area contributed by atoms with Crippen LogP contribution in [-0.2, 0) is 9.53 Å². The summed E-state index contributed by atoms with van der Waals surface area (Å²) in [6, 6.07) is 0. The van der Waals surface area contributed by atoms with E-state index in [1.165, 1.54) is 0 Å². The van der Waals surface area contributed by atoms with E-state index in [1.54, 1.807) is 6.08 Å². The number of hydrogen-bond acceptors (Lipinski definition) is 3. The zero-order chi connectivity index (χ0) is 12.2. The van der Waals surface area contributed by atoms with E-state index < -0.39 is 5.60 Å². The molecule has 1 aliphatic heterocycles. The first-order chi connectivity index (χ1) is 7.42. The fraction of sp³-hybridized carbons (Fsp3) is 0.615. The third-order valence-electron chi connectivity index (χ3n) is 2.31. The van der Waals surface area contributed by atoms with Gasteiger partial charge in [0.05, 0.1) is 0 Å². The van der Waals surface area contributed by atoms with E-state index in [9.17, 15) is 4.79 Å². The number of carbonyl (C=O) groups excluding carboxylic acids is 1. The number of ether oxygens (including phenoxy) is 1. The number of hydrogen-bond donors (Lipinski definition) is 0. The summed E-state index contributed by atoms with van der Waals surface area (Å²) < 4.78 is 5.26. The smallest absolute Gasteiger partial charge is 0.333 e. The number of allylic oxidation sites excluding steroid dienone is 1. The Bertz CT molecular complexity index is 300. The van der Waals surface area contributed by atoms with Gasteiger partial charge in [-0.15, -0.1) is 6.58 Å². The molecular formula is C13H21NO2. The Hall–Kier alpha value is -1.25. The summed E-state index contributed by atoms with van der Waals surface area (Å²) in [5.74, 6) is -0.251. The maximum Gasteiger partial charge on any atom is 0.333 e. The van der Waals surface area contributed by atoms with Gasteiger partial charge in [-0.2, -0.15) is 0 Å². The monoisotopic (exact) mass is 223 g/mol. The van der Waals surface area contributed by atoms with Gasteiger partial charge in [0.25, 0.3) is 0 Å². The van der Waals surface area contributed by atoms with Gasteiger partial charge in [-0.3, -0.25) is 0 Å². The second-order valence-corrected chi connectivity index (χ2v) is 5.01. The Morgan fingerprint density at radius 3 is 2.81 bits per heavy atom. The molecule has 16 heavy (non-hydrogen) atoms. The lowest BCUT2D eigenvalue weighted by atomic mass is 10.2. The summed E-state index contributed by atoms with van der Waals surface area (Å²) in [5.41, 5.74) is 0.643. The molecule has 0 aromatic carbocycles. The first kappa shape index (κ1) is 12.8. The molecule has 0 bridgehead atoms. The van der Waals surface area contributed by atoms with Crippen molar-refractivity contribution < 1.29 is 9.53 Å². The molecule has 0 radical (unpaired) electrons. The molecule has 0 unspecified atom stereocenters. The highest BCUT2D eigenvalue weighted by Crippen LogP contribution is 2.21. The molecule has 1 fully saturated rings. The first-order valence-corrected chi connectivity index (χ1v) is 5.72. The Kier molecular flexibility index (Phi) is 4.16. The molecule has 1 rings (SSSR count). The summed E-state index contributed by atoms with van der Waals surface area (Å²) in [5, 5.41) is 0. The molecule has 1 heterocycles. The van der Waals surface area contributed by atoms with Crippen LogP contribution in [0.2, 0.25) is 0 Å². The third-order valence-corrected chi connectivity index (χ3v) is 2.31. The zero-order valence-electron chi connectivity index (χ0n) is 10.5. The van der Waals surface area contributed by atoms with Gasteiger partial charge in [0.15, 0.2) is 0 Å². The molecule has 0 atom stereocenters. The lowest BCUT2D eigenvalue weighted by molar-refractivity contribution is -0.148. The van der Waals surface area contributed by atoms with E-state index in [0.29, 0.717) is 0 Å². The van der Waals surface area contributed by atoms with E-state index in [4.69, 9.17) is 4.74 Å². The molecule has 90 valence electrons. The van der Waals surface area contributed by atoms with E-state index in [-0.39, 0.29) is 5.97 Å². The Labute approximate surface area is 97.8 Å². The van der Waals surface area contributed by atoms with Crippen LogP contribution in [-0.4, -0.2) is 29.6 Å². The summed E-state index contributed by atoms with van der Waals surface area (Å²) in [6.45, 7) is 11.1. The average molecular weight is 223 g/mol. The van der Waals surface area contributed by atoms with Gasteiger partial charge in [-0.25, -0.2) is 4.79 Å². The van der Waals surface area contributed by atoms with Gasteiger partial charge in [0.1, 0.15) is 5.60 Å². The van der Waals surface area contributed by atoms with Crippen LogP contribution in [0.1, 0.15) is 33.6 Å². The topological polar surface area (TPSA) is 29.5 Å². The van der Waals surface area contributed by atoms with Crippen LogP contribution in [0.25, 0.3) is 0 Å². The highest BCUT2D eigenvalue weighted by atomic mass is 16.6. The number of nitrogens with zero attached hydrogens (tertiary/aromatic N) is 1. The maximum atomic E-state index is 11.6. The first-order valence-electron chi connectivity index (χ1n) is 5.72. The van der Waals surface area contributed by atoms with Crippen LogP contribution in [0.5, 0.6) is 0 Å². The molecule has 0 amide bonds. The number of likely N-dealkylation sites (tertiary alicyclic amines) is 1. The standard InChI is InChI=1S/C13H21NO2/c1-5-8-14-9-6-7-11(14)10-12(15)16-13(2,3)4/h5,10H,1,6-9H2,2-4H3/b11-10+. The molecule has 0 aromatic heterocycles.